The molecule has 0 unspecified atom stereocenters. The van der Waals surface area contributed by atoms with Crippen LogP contribution in [0.15, 0.2) is 46.9 Å². The van der Waals surface area contributed by atoms with Gasteiger partial charge in [0.05, 0.1) is 17.6 Å². The van der Waals surface area contributed by atoms with Crippen LogP contribution in [-0.4, -0.2) is 10.9 Å². The highest BCUT2D eigenvalue weighted by molar-refractivity contribution is 6.06. The summed E-state index contributed by atoms with van der Waals surface area (Å²) in [5.41, 5.74) is 6.98. The van der Waals surface area contributed by atoms with Gasteiger partial charge in [0.2, 0.25) is 0 Å². The van der Waals surface area contributed by atoms with Crippen molar-refractivity contribution < 1.29 is 9.21 Å². The molecule has 0 bridgehead atoms. The van der Waals surface area contributed by atoms with E-state index in [1.165, 1.54) is 0 Å². The van der Waals surface area contributed by atoms with Crippen LogP contribution in [0.25, 0.3) is 10.9 Å². The summed E-state index contributed by atoms with van der Waals surface area (Å²) >= 11 is 0. The summed E-state index contributed by atoms with van der Waals surface area (Å²) in [6, 6.07) is 12.7. The lowest BCUT2D eigenvalue weighted by molar-refractivity contribution is 0.0949. The topological polar surface area (TPSA) is 81.2 Å². The van der Waals surface area contributed by atoms with Crippen LogP contribution in [0.2, 0.25) is 0 Å². The van der Waals surface area contributed by atoms with Crippen molar-refractivity contribution in [1.82, 2.24) is 10.3 Å². The van der Waals surface area contributed by atoms with Gasteiger partial charge in [0, 0.05) is 5.39 Å². The van der Waals surface area contributed by atoms with E-state index in [0.717, 1.165) is 11.1 Å². The SMILES string of the molecule is Cc1ccc(CNC(=O)c2cc(N)nc3ccccc23)o1. The van der Waals surface area contributed by atoms with Crippen LogP contribution in [0.4, 0.5) is 5.82 Å². The molecule has 1 amide bonds. The van der Waals surface area contributed by atoms with Gasteiger partial charge in [0.15, 0.2) is 0 Å². The third kappa shape index (κ3) is 2.72. The number of hydrogen-bond donors (Lipinski definition) is 2. The number of nitrogen functional groups attached to an aromatic ring is 1. The lowest BCUT2D eigenvalue weighted by Crippen LogP contribution is -2.23. The number of anilines is 1. The van der Waals surface area contributed by atoms with E-state index in [4.69, 9.17) is 10.2 Å². The van der Waals surface area contributed by atoms with Gasteiger partial charge >= 0.3 is 0 Å². The molecule has 3 aromatic rings. The maximum Gasteiger partial charge on any atom is 0.252 e. The van der Waals surface area contributed by atoms with E-state index in [-0.39, 0.29) is 5.91 Å². The highest BCUT2D eigenvalue weighted by atomic mass is 16.3. The minimum atomic E-state index is -0.200. The second kappa shape index (κ2) is 5.28. The van der Waals surface area contributed by atoms with Gasteiger partial charge in [-0.1, -0.05) is 18.2 Å². The maximum absolute atomic E-state index is 12.4. The molecular weight excluding hydrogens is 266 g/mol. The van der Waals surface area contributed by atoms with E-state index < -0.39 is 0 Å². The Morgan fingerprint density at radius 2 is 2.10 bits per heavy atom. The number of aromatic nitrogens is 1. The number of nitrogens with zero attached hydrogens (tertiary/aromatic N) is 1. The first-order valence-electron chi connectivity index (χ1n) is 6.62. The second-order valence-corrected chi connectivity index (χ2v) is 4.81. The Hall–Kier alpha value is -2.82. The van der Waals surface area contributed by atoms with Crippen molar-refractivity contribution in [3.8, 4) is 0 Å². The second-order valence-electron chi connectivity index (χ2n) is 4.81. The van der Waals surface area contributed by atoms with Crippen molar-refractivity contribution in [3.05, 3.63) is 59.5 Å². The number of amides is 1. The molecule has 5 nitrogen and oxygen atoms in total. The summed E-state index contributed by atoms with van der Waals surface area (Å²) in [6.07, 6.45) is 0. The quantitative estimate of drug-likeness (QED) is 0.773. The number of carbonyl (C=O) groups excluding carboxylic acids is 1. The number of fused-ring (bicyclic) bond motifs is 1. The molecule has 3 N–H and O–H groups in total. The molecular formula is C16H15N3O2. The van der Waals surface area contributed by atoms with Gasteiger partial charge in [-0.25, -0.2) is 4.98 Å². The summed E-state index contributed by atoms with van der Waals surface area (Å²) in [6.45, 7) is 2.20. The van der Waals surface area contributed by atoms with Gasteiger partial charge in [-0.2, -0.15) is 0 Å². The predicted molar refractivity (Wildman–Crippen MR) is 80.8 cm³/mol. The molecule has 0 saturated heterocycles. The van der Waals surface area contributed by atoms with E-state index in [2.05, 4.69) is 10.3 Å². The molecule has 2 aromatic heterocycles. The molecule has 0 saturated carbocycles. The number of rotatable bonds is 3. The number of nitrogens with one attached hydrogen (secondary N) is 1. The standard InChI is InChI=1S/C16H15N3O2/c1-10-6-7-11(21-10)9-18-16(20)13-8-15(17)19-14-5-3-2-4-12(13)14/h2-8H,9H2,1H3,(H2,17,19)(H,18,20). The Bertz CT molecular complexity index is 808. The number of para-hydroxylation sites is 1. The predicted octanol–water partition coefficient (Wildman–Crippen LogP) is 2.65. The Balaban J connectivity index is 1.87. The van der Waals surface area contributed by atoms with Crippen molar-refractivity contribution in [2.75, 3.05) is 5.73 Å². The van der Waals surface area contributed by atoms with E-state index >= 15 is 0 Å². The van der Waals surface area contributed by atoms with Crippen LogP contribution in [0, 0.1) is 6.92 Å². The van der Waals surface area contributed by atoms with Crippen LogP contribution in [-0.2, 0) is 6.54 Å². The van der Waals surface area contributed by atoms with Crippen LogP contribution >= 0.6 is 0 Å². The molecule has 0 aliphatic rings. The Labute approximate surface area is 121 Å². The Morgan fingerprint density at radius 3 is 2.86 bits per heavy atom. The minimum absolute atomic E-state index is 0.200. The van der Waals surface area contributed by atoms with Crippen LogP contribution in [0.5, 0.6) is 0 Å². The molecule has 3 rings (SSSR count). The highest BCUT2D eigenvalue weighted by Crippen LogP contribution is 2.19. The number of hydrogen-bond acceptors (Lipinski definition) is 4. The van der Waals surface area contributed by atoms with Crippen LogP contribution in [0.3, 0.4) is 0 Å². The number of furan rings is 1. The Kier molecular flexibility index (Phi) is 3.31. The van der Waals surface area contributed by atoms with Crippen molar-refractivity contribution >= 4 is 22.6 Å². The Morgan fingerprint density at radius 1 is 1.29 bits per heavy atom. The summed E-state index contributed by atoms with van der Waals surface area (Å²) in [5, 5.41) is 3.61. The van der Waals surface area contributed by atoms with Gasteiger partial charge in [-0.15, -0.1) is 0 Å². The third-order valence-corrected chi connectivity index (χ3v) is 3.20. The third-order valence-electron chi connectivity index (χ3n) is 3.20. The maximum atomic E-state index is 12.4. The van der Waals surface area contributed by atoms with E-state index in [1.807, 2.05) is 43.3 Å². The van der Waals surface area contributed by atoms with Gasteiger partial charge < -0.3 is 15.5 Å². The van der Waals surface area contributed by atoms with Gasteiger partial charge in [0.25, 0.3) is 5.91 Å². The average Bonchev–Trinajstić information content (AvgIpc) is 2.89. The first-order chi connectivity index (χ1) is 10.1. The average molecular weight is 281 g/mol. The molecule has 0 aliphatic heterocycles. The molecule has 1 aromatic carbocycles. The van der Waals surface area contributed by atoms with E-state index in [9.17, 15) is 4.79 Å². The molecule has 2 heterocycles. The number of carbonyl (C=O) groups is 1. The van der Waals surface area contributed by atoms with Crippen molar-refractivity contribution in [3.63, 3.8) is 0 Å². The van der Waals surface area contributed by atoms with E-state index in [0.29, 0.717) is 29.2 Å². The molecule has 21 heavy (non-hydrogen) atoms. The van der Waals surface area contributed by atoms with Crippen molar-refractivity contribution in [2.24, 2.45) is 0 Å². The van der Waals surface area contributed by atoms with Crippen LogP contribution < -0.4 is 11.1 Å². The van der Waals surface area contributed by atoms with Crippen molar-refractivity contribution in [1.29, 1.82) is 0 Å². The molecule has 0 fully saturated rings. The number of aryl methyl sites for hydroxylation is 1. The molecule has 0 atom stereocenters. The molecule has 5 heteroatoms. The molecule has 0 spiro atoms. The largest absolute Gasteiger partial charge is 0.465 e. The summed E-state index contributed by atoms with van der Waals surface area (Å²) < 4.78 is 5.43. The normalized spacial score (nSPS) is 10.7. The lowest BCUT2D eigenvalue weighted by Gasteiger charge is -2.08. The highest BCUT2D eigenvalue weighted by Gasteiger charge is 2.12. The monoisotopic (exact) mass is 281 g/mol. The number of pyridine rings is 1. The minimum Gasteiger partial charge on any atom is -0.465 e. The zero-order chi connectivity index (χ0) is 14.8. The molecule has 0 radical (unpaired) electrons. The molecule has 106 valence electrons. The van der Waals surface area contributed by atoms with Gasteiger partial charge in [-0.05, 0) is 31.2 Å². The number of benzene rings is 1. The smallest absolute Gasteiger partial charge is 0.252 e. The first kappa shape index (κ1) is 13.2. The zero-order valence-electron chi connectivity index (χ0n) is 11.6. The van der Waals surface area contributed by atoms with Gasteiger partial charge in [-0.3, -0.25) is 4.79 Å². The van der Waals surface area contributed by atoms with Gasteiger partial charge in [0.1, 0.15) is 17.3 Å². The fourth-order valence-corrected chi connectivity index (χ4v) is 2.23. The fourth-order valence-electron chi connectivity index (χ4n) is 2.23. The summed E-state index contributed by atoms with van der Waals surface area (Å²) in [4.78, 5) is 16.6. The summed E-state index contributed by atoms with van der Waals surface area (Å²) in [5.74, 6) is 1.66. The fraction of sp³-hybridized carbons (Fsp3) is 0.125. The number of nitrogens with two attached hydrogens (primary N) is 1. The van der Waals surface area contributed by atoms with Crippen molar-refractivity contribution in [2.45, 2.75) is 13.5 Å². The first-order valence-corrected chi connectivity index (χ1v) is 6.62. The van der Waals surface area contributed by atoms with Crippen LogP contribution in [0.1, 0.15) is 21.9 Å². The summed E-state index contributed by atoms with van der Waals surface area (Å²) in [7, 11) is 0. The van der Waals surface area contributed by atoms with E-state index in [1.54, 1.807) is 6.07 Å². The lowest BCUT2D eigenvalue weighted by atomic mass is 10.1. The zero-order valence-corrected chi connectivity index (χ0v) is 11.6. The molecule has 0 aliphatic carbocycles.